The average Bonchev–Trinajstić information content (AvgIpc) is 2.49. The fourth-order valence-electron chi connectivity index (χ4n) is 2.94. The Kier molecular flexibility index (Phi) is 4.12. The summed E-state index contributed by atoms with van der Waals surface area (Å²) in [6, 6.07) is 9.96. The summed E-state index contributed by atoms with van der Waals surface area (Å²) in [4.78, 5) is 2.32. The van der Waals surface area contributed by atoms with Gasteiger partial charge in [-0.25, -0.2) is 0 Å². The molecule has 2 nitrogen and oxygen atoms in total. The molecule has 4 heteroatoms. The van der Waals surface area contributed by atoms with Gasteiger partial charge in [-0.2, -0.15) is 0 Å². The van der Waals surface area contributed by atoms with E-state index in [9.17, 15) is 5.11 Å². The van der Waals surface area contributed by atoms with Crippen molar-refractivity contribution in [3.8, 4) is 0 Å². The number of fused-ring (bicyclic) bond motifs is 1. The van der Waals surface area contributed by atoms with Gasteiger partial charge in [-0.15, -0.1) is 0 Å². The molecule has 2 aromatic rings. The highest BCUT2D eigenvalue weighted by Gasteiger charge is 2.19. The van der Waals surface area contributed by atoms with Crippen molar-refractivity contribution in [1.82, 2.24) is 0 Å². The van der Waals surface area contributed by atoms with Crippen LogP contribution in [-0.4, -0.2) is 11.7 Å². The van der Waals surface area contributed by atoms with Crippen LogP contribution < -0.4 is 4.90 Å². The van der Waals surface area contributed by atoms with Crippen molar-refractivity contribution in [1.29, 1.82) is 0 Å². The first kappa shape index (κ1) is 14.7. The average molecular weight is 322 g/mol. The van der Waals surface area contributed by atoms with E-state index in [1.165, 1.54) is 16.7 Å². The number of aliphatic hydroxyl groups is 1. The lowest BCUT2D eigenvalue weighted by Gasteiger charge is -2.32. The van der Waals surface area contributed by atoms with Crippen molar-refractivity contribution < 1.29 is 5.11 Å². The van der Waals surface area contributed by atoms with Crippen LogP contribution in [0.1, 0.15) is 22.3 Å². The Morgan fingerprint density at radius 1 is 1.14 bits per heavy atom. The molecule has 0 aliphatic carbocycles. The van der Waals surface area contributed by atoms with Crippen molar-refractivity contribution in [2.24, 2.45) is 0 Å². The summed E-state index contributed by atoms with van der Waals surface area (Å²) in [5, 5.41) is 10.5. The van der Waals surface area contributed by atoms with Crippen LogP contribution in [0.15, 0.2) is 30.3 Å². The number of anilines is 1. The lowest BCUT2D eigenvalue weighted by Crippen LogP contribution is -2.31. The summed E-state index contributed by atoms with van der Waals surface area (Å²) >= 11 is 12.1. The Morgan fingerprint density at radius 2 is 1.95 bits per heavy atom. The van der Waals surface area contributed by atoms with Gasteiger partial charge in [0.15, 0.2) is 0 Å². The van der Waals surface area contributed by atoms with E-state index in [0.717, 1.165) is 30.8 Å². The molecule has 0 atom stereocenters. The molecule has 2 aromatic carbocycles. The van der Waals surface area contributed by atoms with Crippen LogP contribution in [0.3, 0.4) is 0 Å². The smallest absolute Gasteiger partial charge is 0.0682 e. The van der Waals surface area contributed by atoms with Gasteiger partial charge in [0.25, 0.3) is 0 Å². The third-order valence-corrected chi connectivity index (χ3v) is 4.82. The lowest BCUT2D eigenvalue weighted by molar-refractivity contribution is 0.281. The first-order valence-corrected chi connectivity index (χ1v) is 7.76. The van der Waals surface area contributed by atoms with Crippen LogP contribution in [0.25, 0.3) is 0 Å². The molecule has 0 bridgehead atoms. The summed E-state index contributed by atoms with van der Waals surface area (Å²) in [5.74, 6) is 0. The Hall–Kier alpha value is -1.22. The zero-order valence-corrected chi connectivity index (χ0v) is 13.4. The molecule has 0 aromatic heterocycles. The van der Waals surface area contributed by atoms with Gasteiger partial charge in [0.05, 0.1) is 16.7 Å². The minimum atomic E-state index is 0.102. The Labute approximate surface area is 134 Å². The van der Waals surface area contributed by atoms with E-state index < -0.39 is 0 Å². The molecule has 0 radical (unpaired) electrons. The highest BCUT2D eigenvalue weighted by atomic mass is 35.5. The second kappa shape index (κ2) is 5.88. The third kappa shape index (κ3) is 2.89. The number of halogens is 2. The van der Waals surface area contributed by atoms with Crippen LogP contribution in [-0.2, 0) is 19.6 Å². The maximum absolute atomic E-state index is 9.31. The molecule has 1 aliphatic heterocycles. The molecule has 1 aliphatic rings. The standard InChI is InChI=1S/C17H17Cl2NO/c1-11-6-12(10-21)7-13-4-5-20(9-15(11)13)14-2-3-16(18)17(19)8-14/h2-3,6-8,21H,4-5,9-10H2,1H3. The Balaban J connectivity index is 1.92. The van der Waals surface area contributed by atoms with Crippen LogP contribution in [0.5, 0.6) is 0 Å². The third-order valence-electron chi connectivity index (χ3n) is 4.08. The normalized spacial score (nSPS) is 14.2. The summed E-state index contributed by atoms with van der Waals surface area (Å²) in [7, 11) is 0. The molecule has 0 saturated carbocycles. The van der Waals surface area contributed by atoms with Gasteiger partial charge in [-0.05, 0) is 53.8 Å². The van der Waals surface area contributed by atoms with Crippen molar-refractivity contribution in [2.45, 2.75) is 26.5 Å². The summed E-state index contributed by atoms with van der Waals surface area (Å²) < 4.78 is 0. The van der Waals surface area contributed by atoms with Gasteiger partial charge >= 0.3 is 0 Å². The maximum atomic E-state index is 9.31. The molecule has 0 amide bonds. The number of benzene rings is 2. The van der Waals surface area contributed by atoms with E-state index in [1.807, 2.05) is 18.2 Å². The molecule has 110 valence electrons. The number of nitrogens with zero attached hydrogens (tertiary/aromatic N) is 1. The fraction of sp³-hybridized carbons (Fsp3) is 0.294. The van der Waals surface area contributed by atoms with Crippen LogP contribution in [0.2, 0.25) is 10.0 Å². The van der Waals surface area contributed by atoms with Gasteiger partial charge in [-0.3, -0.25) is 0 Å². The second-order valence-corrected chi connectivity index (χ2v) is 6.29. The number of aryl methyl sites for hydroxylation is 1. The van der Waals surface area contributed by atoms with Crippen molar-refractivity contribution in [3.05, 3.63) is 62.6 Å². The topological polar surface area (TPSA) is 23.5 Å². The van der Waals surface area contributed by atoms with E-state index in [0.29, 0.717) is 10.0 Å². The maximum Gasteiger partial charge on any atom is 0.0682 e. The molecule has 0 fully saturated rings. The molecule has 0 spiro atoms. The second-order valence-electron chi connectivity index (χ2n) is 5.48. The summed E-state index contributed by atoms with van der Waals surface area (Å²) in [6.07, 6.45) is 0.976. The minimum Gasteiger partial charge on any atom is -0.392 e. The quantitative estimate of drug-likeness (QED) is 0.888. The molecule has 21 heavy (non-hydrogen) atoms. The number of rotatable bonds is 2. The van der Waals surface area contributed by atoms with Gasteiger partial charge in [-0.1, -0.05) is 35.3 Å². The summed E-state index contributed by atoms with van der Waals surface area (Å²) in [5.41, 5.74) is 6.02. The number of hydrogen-bond donors (Lipinski definition) is 1. The van der Waals surface area contributed by atoms with Crippen LogP contribution >= 0.6 is 23.2 Å². The highest BCUT2D eigenvalue weighted by Crippen LogP contribution is 2.31. The number of hydrogen-bond acceptors (Lipinski definition) is 2. The van der Waals surface area contributed by atoms with E-state index in [4.69, 9.17) is 23.2 Å². The van der Waals surface area contributed by atoms with Gasteiger partial charge < -0.3 is 10.0 Å². The van der Waals surface area contributed by atoms with Gasteiger partial charge in [0.1, 0.15) is 0 Å². The largest absolute Gasteiger partial charge is 0.392 e. The zero-order valence-electron chi connectivity index (χ0n) is 11.9. The molecular weight excluding hydrogens is 305 g/mol. The molecule has 0 saturated heterocycles. The van der Waals surface area contributed by atoms with Crippen molar-refractivity contribution in [3.63, 3.8) is 0 Å². The first-order valence-electron chi connectivity index (χ1n) is 7.00. The Morgan fingerprint density at radius 3 is 2.67 bits per heavy atom. The molecule has 0 unspecified atom stereocenters. The van der Waals surface area contributed by atoms with E-state index in [2.05, 4.69) is 24.0 Å². The monoisotopic (exact) mass is 321 g/mol. The van der Waals surface area contributed by atoms with Crippen molar-refractivity contribution in [2.75, 3.05) is 11.4 Å². The predicted octanol–water partition coefficient (Wildman–Crippen LogP) is 4.36. The summed E-state index contributed by atoms with van der Waals surface area (Å²) in [6.45, 7) is 4.02. The van der Waals surface area contributed by atoms with Crippen LogP contribution in [0.4, 0.5) is 5.69 Å². The van der Waals surface area contributed by atoms with Crippen LogP contribution in [0, 0.1) is 6.92 Å². The lowest BCUT2D eigenvalue weighted by atomic mass is 9.93. The van der Waals surface area contributed by atoms with E-state index in [-0.39, 0.29) is 6.61 Å². The molecule has 3 rings (SSSR count). The predicted molar refractivity (Wildman–Crippen MR) is 88.3 cm³/mol. The number of aliphatic hydroxyl groups excluding tert-OH is 1. The zero-order chi connectivity index (χ0) is 15.0. The molecular formula is C17H17Cl2NO. The van der Waals surface area contributed by atoms with Crippen molar-refractivity contribution >= 4 is 28.9 Å². The molecule has 1 N–H and O–H groups in total. The minimum absolute atomic E-state index is 0.102. The first-order chi connectivity index (χ1) is 10.1. The molecule has 1 heterocycles. The van der Waals surface area contributed by atoms with E-state index in [1.54, 1.807) is 0 Å². The SMILES string of the molecule is Cc1cc(CO)cc2c1CN(c1ccc(Cl)c(Cl)c1)CC2. The highest BCUT2D eigenvalue weighted by molar-refractivity contribution is 6.42. The fourth-order valence-corrected chi connectivity index (χ4v) is 3.23. The van der Waals surface area contributed by atoms with Gasteiger partial charge in [0, 0.05) is 18.8 Å². The van der Waals surface area contributed by atoms with E-state index >= 15 is 0 Å². The Bertz CT molecular complexity index is 685. The van der Waals surface area contributed by atoms with Gasteiger partial charge in [0.2, 0.25) is 0 Å².